The van der Waals surface area contributed by atoms with Gasteiger partial charge in [-0.25, -0.2) is 0 Å². The lowest BCUT2D eigenvalue weighted by Crippen LogP contribution is -2.09. The van der Waals surface area contributed by atoms with Crippen LogP contribution >= 0.6 is 11.8 Å². The van der Waals surface area contributed by atoms with Gasteiger partial charge in [-0.15, -0.1) is 0 Å². The molecule has 1 aromatic heterocycles. The van der Waals surface area contributed by atoms with Gasteiger partial charge in [0.05, 0.1) is 11.4 Å². The number of nitrogens with two attached hydrogens (primary N) is 1. The lowest BCUT2D eigenvalue weighted by atomic mass is 10.2. The molecule has 1 aromatic rings. The molecule has 0 unspecified atom stereocenters. The van der Waals surface area contributed by atoms with Gasteiger partial charge in [0.25, 0.3) is 0 Å². The molecule has 1 rings (SSSR count). The first-order valence-electron chi connectivity index (χ1n) is 5.24. The first-order chi connectivity index (χ1) is 7.20. The molecule has 0 amide bonds. The SMILES string of the molecule is CCCc1nn(C)c(NCCSC)c1N. The van der Waals surface area contributed by atoms with Gasteiger partial charge < -0.3 is 11.1 Å². The average Bonchev–Trinajstić information content (AvgIpc) is 2.46. The molecule has 0 aliphatic rings. The first kappa shape index (κ1) is 12.2. The Morgan fingerprint density at radius 1 is 1.53 bits per heavy atom. The van der Waals surface area contributed by atoms with Crippen LogP contribution in [0.2, 0.25) is 0 Å². The number of anilines is 2. The molecule has 0 spiro atoms. The van der Waals surface area contributed by atoms with Crippen LogP contribution in [0.25, 0.3) is 0 Å². The zero-order valence-corrected chi connectivity index (χ0v) is 10.5. The summed E-state index contributed by atoms with van der Waals surface area (Å²) >= 11 is 1.82. The van der Waals surface area contributed by atoms with Crippen molar-refractivity contribution in [1.29, 1.82) is 0 Å². The Hall–Kier alpha value is -0.840. The second kappa shape index (κ2) is 5.90. The molecule has 0 aliphatic carbocycles. The number of nitrogens with zero attached hydrogens (tertiary/aromatic N) is 2. The molecule has 0 bridgehead atoms. The highest BCUT2D eigenvalue weighted by molar-refractivity contribution is 7.98. The molecule has 0 atom stereocenters. The van der Waals surface area contributed by atoms with Gasteiger partial charge in [0.1, 0.15) is 5.82 Å². The predicted octanol–water partition coefficient (Wildman–Crippen LogP) is 1.73. The standard InChI is InChI=1S/C10H20N4S/c1-4-5-8-9(11)10(14(2)13-8)12-6-7-15-3/h12H,4-7,11H2,1-3H3. The maximum absolute atomic E-state index is 6.02. The van der Waals surface area contributed by atoms with Crippen molar-refractivity contribution in [3.8, 4) is 0 Å². The van der Waals surface area contributed by atoms with Gasteiger partial charge >= 0.3 is 0 Å². The minimum absolute atomic E-state index is 0.806. The second-order valence-corrected chi connectivity index (χ2v) is 4.49. The highest BCUT2D eigenvalue weighted by Crippen LogP contribution is 2.22. The van der Waals surface area contributed by atoms with E-state index in [1.165, 1.54) is 0 Å². The zero-order valence-electron chi connectivity index (χ0n) is 9.71. The third kappa shape index (κ3) is 3.06. The molecule has 0 radical (unpaired) electrons. The normalized spacial score (nSPS) is 10.6. The van der Waals surface area contributed by atoms with Crippen LogP contribution in [0, 0.1) is 0 Å². The Kier molecular flexibility index (Phi) is 4.81. The summed E-state index contributed by atoms with van der Waals surface area (Å²) in [6.07, 6.45) is 4.12. The fraction of sp³-hybridized carbons (Fsp3) is 0.700. The molecule has 86 valence electrons. The second-order valence-electron chi connectivity index (χ2n) is 3.50. The summed E-state index contributed by atoms with van der Waals surface area (Å²) in [4.78, 5) is 0. The van der Waals surface area contributed by atoms with E-state index in [4.69, 9.17) is 5.73 Å². The summed E-state index contributed by atoms with van der Waals surface area (Å²) in [7, 11) is 1.93. The Balaban J connectivity index is 2.69. The quantitative estimate of drug-likeness (QED) is 0.728. The van der Waals surface area contributed by atoms with Crippen molar-refractivity contribution in [3.05, 3.63) is 5.69 Å². The van der Waals surface area contributed by atoms with Crippen LogP contribution in [-0.4, -0.2) is 28.3 Å². The molecule has 1 heterocycles. The van der Waals surface area contributed by atoms with Crippen LogP contribution in [0.5, 0.6) is 0 Å². The lowest BCUT2D eigenvalue weighted by molar-refractivity contribution is 0.736. The smallest absolute Gasteiger partial charge is 0.147 e. The zero-order chi connectivity index (χ0) is 11.3. The number of aromatic nitrogens is 2. The van der Waals surface area contributed by atoms with Crippen molar-refractivity contribution in [2.24, 2.45) is 7.05 Å². The Morgan fingerprint density at radius 2 is 2.27 bits per heavy atom. The first-order valence-corrected chi connectivity index (χ1v) is 6.64. The van der Waals surface area contributed by atoms with Crippen LogP contribution in [0.15, 0.2) is 0 Å². The topological polar surface area (TPSA) is 55.9 Å². The van der Waals surface area contributed by atoms with E-state index in [2.05, 4.69) is 23.6 Å². The third-order valence-corrected chi connectivity index (χ3v) is 2.86. The molecular weight excluding hydrogens is 208 g/mol. The van der Waals surface area contributed by atoms with Gasteiger partial charge in [-0.05, 0) is 12.7 Å². The van der Waals surface area contributed by atoms with Crippen molar-refractivity contribution < 1.29 is 0 Å². The molecule has 0 aromatic carbocycles. The molecule has 15 heavy (non-hydrogen) atoms. The highest BCUT2D eigenvalue weighted by Gasteiger charge is 2.11. The van der Waals surface area contributed by atoms with Crippen LogP contribution in [-0.2, 0) is 13.5 Å². The van der Waals surface area contributed by atoms with Crippen molar-refractivity contribution >= 4 is 23.3 Å². The molecule has 3 N–H and O–H groups in total. The Labute approximate surface area is 95.6 Å². The number of hydrogen-bond donors (Lipinski definition) is 2. The molecule has 5 heteroatoms. The van der Waals surface area contributed by atoms with Crippen molar-refractivity contribution in [1.82, 2.24) is 9.78 Å². The fourth-order valence-electron chi connectivity index (χ4n) is 1.50. The highest BCUT2D eigenvalue weighted by atomic mass is 32.2. The number of hydrogen-bond acceptors (Lipinski definition) is 4. The van der Waals surface area contributed by atoms with E-state index < -0.39 is 0 Å². The maximum atomic E-state index is 6.02. The molecule has 0 aliphatic heterocycles. The van der Waals surface area contributed by atoms with Crippen LogP contribution in [0.4, 0.5) is 11.5 Å². The van der Waals surface area contributed by atoms with Crippen LogP contribution < -0.4 is 11.1 Å². The van der Waals surface area contributed by atoms with Crippen molar-refractivity contribution in [3.63, 3.8) is 0 Å². The molecule has 0 saturated carbocycles. The van der Waals surface area contributed by atoms with E-state index in [0.717, 1.165) is 42.3 Å². The number of aryl methyl sites for hydroxylation is 2. The molecular formula is C10H20N4S. The number of nitrogens with one attached hydrogen (secondary N) is 1. The molecule has 0 fully saturated rings. The van der Waals surface area contributed by atoms with Gasteiger partial charge in [0, 0.05) is 19.3 Å². The van der Waals surface area contributed by atoms with E-state index >= 15 is 0 Å². The van der Waals surface area contributed by atoms with E-state index in [-0.39, 0.29) is 0 Å². The Morgan fingerprint density at radius 3 is 2.87 bits per heavy atom. The summed E-state index contributed by atoms with van der Waals surface area (Å²) in [5.74, 6) is 2.03. The minimum atomic E-state index is 0.806. The average molecular weight is 228 g/mol. The van der Waals surface area contributed by atoms with Gasteiger partial charge in [-0.2, -0.15) is 16.9 Å². The Bertz CT molecular complexity index is 309. The van der Waals surface area contributed by atoms with Crippen LogP contribution in [0.1, 0.15) is 19.0 Å². The van der Waals surface area contributed by atoms with E-state index in [9.17, 15) is 0 Å². The predicted molar refractivity (Wildman–Crippen MR) is 68.5 cm³/mol. The lowest BCUT2D eigenvalue weighted by Gasteiger charge is -2.06. The molecule has 4 nitrogen and oxygen atoms in total. The van der Waals surface area contributed by atoms with E-state index in [1.807, 2.05) is 23.5 Å². The van der Waals surface area contributed by atoms with Crippen molar-refractivity contribution in [2.75, 3.05) is 29.6 Å². The summed E-state index contributed by atoms with van der Waals surface area (Å²) in [6, 6.07) is 0. The van der Waals surface area contributed by atoms with Crippen LogP contribution in [0.3, 0.4) is 0 Å². The minimum Gasteiger partial charge on any atom is -0.394 e. The van der Waals surface area contributed by atoms with Gasteiger partial charge in [0.2, 0.25) is 0 Å². The third-order valence-electron chi connectivity index (χ3n) is 2.25. The number of thioether (sulfide) groups is 1. The fourth-order valence-corrected chi connectivity index (χ4v) is 1.80. The van der Waals surface area contributed by atoms with Gasteiger partial charge in [-0.3, -0.25) is 4.68 Å². The maximum Gasteiger partial charge on any atom is 0.147 e. The summed E-state index contributed by atoms with van der Waals surface area (Å²) < 4.78 is 1.83. The van der Waals surface area contributed by atoms with Gasteiger partial charge in [0.15, 0.2) is 0 Å². The van der Waals surface area contributed by atoms with Gasteiger partial charge in [-0.1, -0.05) is 13.3 Å². The summed E-state index contributed by atoms with van der Waals surface area (Å²) in [5, 5.41) is 7.72. The molecule has 0 saturated heterocycles. The van der Waals surface area contributed by atoms with E-state index in [0.29, 0.717) is 0 Å². The number of nitrogen functional groups attached to an aromatic ring is 1. The monoisotopic (exact) mass is 228 g/mol. The largest absolute Gasteiger partial charge is 0.394 e. The summed E-state index contributed by atoms with van der Waals surface area (Å²) in [5.41, 5.74) is 7.83. The number of rotatable bonds is 6. The van der Waals surface area contributed by atoms with Crippen molar-refractivity contribution in [2.45, 2.75) is 19.8 Å². The summed E-state index contributed by atoms with van der Waals surface area (Å²) in [6.45, 7) is 3.06. The van der Waals surface area contributed by atoms with E-state index in [1.54, 1.807) is 0 Å².